The Kier molecular flexibility index (Phi) is 5.00. The molecule has 6 heteroatoms. The molecule has 2 rings (SSSR count). The van der Waals surface area contributed by atoms with Gasteiger partial charge in [-0.25, -0.2) is 4.39 Å². The SMILES string of the molecule is Nc1ccc(OCCNC(=O)c2cc(Cl)ccc2F)cc1. The lowest BCUT2D eigenvalue weighted by Gasteiger charge is -2.08. The zero-order valence-corrected chi connectivity index (χ0v) is 11.9. The maximum atomic E-state index is 13.5. The fraction of sp³-hybridized carbons (Fsp3) is 0.133. The summed E-state index contributed by atoms with van der Waals surface area (Å²) < 4.78 is 18.9. The number of nitrogens with one attached hydrogen (secondary N) is 1. The van der Waals surface area contributed by atoms with Crippen LogP contribution in [0.1, 0.15) is 10.4 Å². The molecular weight excluding hydrogens is 295 g/mol. The van der Waals surface area contributed by atoms with Gasteiger partial charge < -0.3 is 15.8 Å². The topological polar surface area (TPSA) is 64.3 Å². The molecule has 0 unspecified atom stereocenters. The minimum atomic E-state index is -0.614. The Morgan fingerprint density at radius 1 is 1.24 bits per heavy atom. The molecule has 1 amide bonds. The highest BCUT2D eigenvalue weighted by molar-refractivity contribution is 6.30. The van der Waals surface area contributed by atoms with Gasteiger partial charge in [0.15, 0.2) is 0 Å². The maximum absolute atomic E-state index is 13.5. The number of ether oxygens (including phenoxy) is 1. The summed E-state index contributed by atoms with van der Waals surface area (Å²) in [6, 6.07) is 10.7. The number of anilines is 1. The number of nitrogen functional groups attached to an aromatic ring is 1. The quantitative estimate of drug-likeness (QED) is 0.659. The number of hydrogen-bond acceptors (Lipinski definition) is 3. The molecule has 4 nitrogen and oxygen atoms in total. The Balaban J connectivity index is 1.81. The van der Waals surface area contributed by atoms with Crippen LogP contribution in [0.4, 0.5) is 10.1 Å². The number of amides is 1. The highest BCUT2D eigenvalue weighted by Gasteiger charge is 2.11. The first-order chi connectivity index (χ1) is 10.1. The minimum absolute atomic E-state index is 0.0880. The predicted molar refractivity (Wildman–Crippen MR) is 80.1 cm³/mol. The van der Waals surface area contributed by atoms with Gasteiger partial charge >= 0.3 is 0 Å². The van der Waals surface area contributed by atoms with Crippen molar-refractivity contribution in [2.45, 2.75) is 0 Å². The molecule has 110 valence electrons. The van der Waals surface area contributed by atoms with E-state index in [4.69, 9.17) is 22.1 Å². The molecule has 0 aromatic heterocycles. The summed E-state index contributed by atoms with van der Waals surface area (Å²) in [5.41, 5.74) is 6.11. The van der Waals surface area contributed by atoms with Crippen LogP contribution < -0.4 is 15.8 Å². The lowest BCUT2D eigenvalue weighted by molar-refractivity contribution is 0.0943. The summed E-state index contributed by atoms with van der Waals surface area (Å²) in [5.74, 6) is -0.500. The molecule has 2 aromatic carbocycles. The third kappa shape index (κ3) is 4.36. The average molecular weight is 309 g/mol. The van der Waals surface area contributed by atoms with Crippen molar-refractivity contribution in [2.75, 3.05) is 18.9 Å². The van der Waals surface area contributed by atoms with Gasteiger partial charge in [-0.3, -0.25) is 4.79 Å². The number of hydrogen-bond donors (Lipinski definition) is 2. The van der Waals surface area contributed by atoms with E-state index in [0.717, 1.165) is 6.07 Å². The number of rotatable bonds is 5. The molecule has 0 aliphatic heterocycles. The van der Waals surface area contributed by atoms with Crippen molar-refractivity contribution < 1.29 is 13.9 Å². The summed E-state index contributed by atoms with van der Waals surface area (Å²) in [4.78, 5) is 11.8. The number of nitrogens with two attached hydrogens (primary N) is 1. The fourth-order valence-corrected chi connectivity index (χ4v) is 1.84. The summed E-state index contributed by atoms with van der Waals surface area (Å²) >= 11 is 5.73. The first-order valence-corrected chi connectivity index (χ1v) is 6.65. The van der Waals surface area contributed by atoms with E-state index < -0.39 is 11.7 Å². The maximum Gasteiger partial charge on any atom is 0.254 e. The van der Waals surface area contributed by atoms with Gasteiger partial charge in [-0.05, 0) is 42.5 Å². The Morgan fingerprint density at radius 2 is 1.95 bits per heavy atom. The Hall–Kier alpha value is -2.27. The van der Waals surface area contributed by atoms with Crippen molar-refractivity contribution in [1.82, 2.24) is 5.32 Å². The van der Waals surface area contributed by atoms with E-state index in [2.05, 4.69) is 5.32 Å². The number of carbonyl (C=O) groups excluding carboxylic acids is 1. The van der Waals surface area contributed by atoms with Gasteiger partial charge in [-0.15, -0.1) is 0 Å². The van der Waals surface area contributed by atoms with Gasteiger partial charge in [0.25, 0.3) is 5.91 Å². The van der Waals surface area contributed by atoms with E-state index in [9.17, 15) is 9.18 Å². The van der Waals surface area contributed by atoms with Gasteiger partial charge in [0, 0.05) is 10.7 Å². The van der Waals surface area contributed by atoms with Crippen molar-refractivity contribution in [2.24, 2.45) is 0 Å². The summed E-state index contributed by atoms with van der Waals surface area (Å²) in [6.07, 6.45) is 0. The molecule has 0 radical (unpaired) electrons. The summed E-state index contributed by atoms with van der Waals surface area (Å²) in [7, 11) is 0. The van der Waals surface area contributed by atoms with E-state index in [1.165, 1.54) is 12.1 Å². The van der Waals surface area contributed by atoms with Crippen LogP contribution in [0.5, 0.6) is 5.75 Å². The molecular formula is C15H14ClFN2O2. The third-order valence-electron chi connectivity index (χ3n) is 2.71. The van der Waals surface area contributed by atoms with E-state index in [1.807, 2.05) is 0 Å². The smallest absolute Gasteiger partial charge is 0.254 e. The van der Waals surface area contributed by atoms with Gasteiger partial charge in [-0.1, -0.05) is 11.6 Å². The Bertz CT molecular complexity index is 632. The first-order valence-electron chi connectivity index (χ1n) is 6.28. The van der Waals surface area contributed by atoms with Crippen molar-refractivity contribution in [3.63, 3.8) is 0 Å². The van der Waals surface area contributed by atoms with Crippen molar-refractivity contribution in [1.29, 1.82) is 0 Å². The highest BCUT2D eigenvalue weighted by atomic mass is 35.5. The number of carbonyl (C=O) groups is 1. The molecule has 0 atom stereocenters. The van der Waals surface area contributed by atoms with Crippen LogP contribution in [0.25, 0.3) is 0 Å². The predicted octanol–water partition coefficient (Wildman–Crippen LogP) is 2.87. The van der Waals surface area contributed by atoms with Crippen LogP contribution in [0.2, 0.25) is 5.02 Å². The lowest BCUT2D eigenvalue weighted by atomic mass is 10.2. The van der Waals surface area contributed by atoms with Crippen molar-refractivity contribution in [3.8, 4) is 5.75 Å². The molecule has 0 saturated heterocycles. The van der Waals surface area contributed by atoms with Gasteiger partial charge in [0.05, 0.1) is 12.1 Å². The van der Waals surface area contributed by atoms with Crippen molar-refractivity contribution in [3.05, 3.63) is 58.9 Å². The largest absolute Gasteiger partial charge is 0.492 e. The molecule has 0 bridgehead atoms. The van der Waals surface area contributed by atoms with Crippen LogP contribution in [-0.2, 0) is 0 Å². The zero-order chi connectivity index (χ0) is 15.2. The molecule has 0 aliphatic carbocycles. The normalized spacial score (nSPS) is 10.2. The molecule has 0 heterocycles. The van der Waals surface area contributed by atoms with Crippen LogP contribution in [0, 0.1) is 5.82 Å². The standard InChI is InChI=1S/C15H14ClFN2O2/c16-10-1-6-14(17)13(9-10)15(20)19-7-8-21-12-4-2-11(18)3-5-12/h1-6,9H,7-8,18H2,(H,19,20). The van der Waals surface area contributed by atoms with E-state index in [-0.39, 0.29) is 18.7 Å². The van der Waals surface area contributed by atoms with Gasteiger partial charge in [-0.2, -0.15) is 0 Å². The summed E-state index contributed by atoms with van der Waals surface area (Å²) in [6.45, 7) is 0.507. The van der Waals surface area contributed by atoms with E-state index in [0.29, 0.717) is 16.5 Å². The van der Waals surface area contributed by atoms with E-state index in [1.54, 1.807) is 24.3 Å². The first kappa shape index (κ1) is 15.1. The zero-order valence-electron chi connectivity index (χ0n) is 11.1. The third-order valence-corrected chi connectivity index (χ3v) is 2.94. The highest BCUT2D eigenvalue weighted by Crippen LogP contribution is 2.15. The Morgan fingerprint density at radius 3 is 2.67 bits per heavy atom. The van der Waals surface area contributed by atoms with Crippen molar-refractivity contribution >= 4 is 23.2 Å². The molecule has 2 aromatic rings. The second kappa shape index (κ2) is 6.95. The monoisotopic (exact) mass is 308 g/mol. The number of benzene rings is 2. The van der Waals surface area contributed by atoms with Crippen LogP contribution in [0.15, 0.2) is 42.5 Å². The fourth-order valence-electron chi connectivity index (χ4n) is 1.66. The summed E-state index contributed by atoms with van der Waals surface area (Å²) in [5, 5.41) is 2.87. The second-order valence-corrected chi connectivity index (χ2v) is 4.73. The minimum Gasteiger partial charge on any atom is -0.492 e. The number of halogens is 2. The molecule has 0 fully saturated rings. The van der Waals surface area contributed by atoms with E-state index >= 15 is 0 Å². The van der Waals surface area contributed by atoms with Crippen LogP contribution in [0.3, 0.4) is 0 Å². The molecule has 0 saturated carbocycles. The van der Waals surface area contributed by atoms with Gasteiger partial charge in [0.1, 0.15) is 18.2 Å². The van der Waals surface area contributed by atoms with Crippen LogP contribution in [-0.4, -0.2) is 19.1 Å². The molecule has 0 spiro atoms. The van der Waals surface area contributed by atoms with Crippen LogP contribution >= 0.6 is 11.6 Å². The average Bonchev–Trinajstić information content (AvgIpc) is 2.47. The lowest BCUT2D eigenvalue weighted by Crippen LogP contribution is -2.28. The second-order valence-electron chi connectivity index (χ2n) is 4.30. The molecule has 0 aliphatic rings. The van der Waals surface area contributed by atoms with Gasteiger partial charge in [0.2, 0.25) is 0 Å². The molecule has 3 N–H and O–H groups in total. The molecule has 21 heavy (non-hydrogen) atoms. The Labute approximate surface area is 126 Å².